The number of carbonyl (C=O) groups is 3. The van der Waals surface area contributed by atoms with Crippen LogP contribution in [0.15, 0.2) is 30.3 Å². The Morgan fingerprint density at radius 2 is 1.83 bits per heavy atom. The highest BCUT2D eigenvalue weighted by Gasteiger charge is 2.36. The molecule has 1 heterocycles. The molecule has 1 amide bonds. The van der Waals surface area contributed by atoms with Crippen molar-refractivity contribution in [2.45, 2.75) is 51.0 Å². The third kappa shape index (κ3) is 4.91. The van der Waals surface area contributed by atoms with Gasteiger partial charge in [-0.25, -0.2) is 4.79 Å². The van der Waals surface area contributed by atoms with E-state index < -0.39 is 17.8 Å². The number of benzene rings is 1. The van der Waals surface area contributed by atoms with Crippen molar-refractivity contribution in [1.82, 2.24) is 4.90 Å². The molecule has 1 atom stereocenters. The number of carbonyl (C=O) groups excluding carboxylic acids is 2. The molecule has 0 saturated carbocycles. The van der Waals surface area contributed by atoms with E-state index in [0.29, 0.717) is 25.8 Å². The van der Waals surface area contributed by atoms with Crippen molar-refractivity contribution in [3.63, 3.8) is 0 Å². The molecule has 124 valence electrons. The number of hydrogen-bond acceptors (Lipinski definition) is 3. The molecule has 0 bridgehead atoms. The number of aryl methyl sites for hydroxylation is 1. The fourth-order valence-electron chi connectivity index (χ4n) is 3.05. The molecule has 0 spiro atoms. The van der Waals surface area contributed by atoms with Crippen LogP contribution in [0.1, 0.15) is 44.1 Å². The zero-order chi connectivity index (χ0) is 16.7. The fourth-order valence-corrected chi connectivity index (χ4v) is 3.05. The molecule has 0 radical (unpaired) electrons. The minimum Gasteiger partial charge on any atom is -0.475 e. The Kier molecular flexibility index (Phi) is 6.32. The molecule has 1 unspecified atom stereocenters. The van der Waals surface area contributed by atoms with Crippen molar-refractivity contribution in [2.75, 3.05) is 6.54 Å². The number of nitrogens with zero attached hydrogens (tertiary/aromatic N) is 1. The lowest BCUT2D eigenvalue weighted by molar-refractivity contribution is -0.152. The lowest BCUT2D eigenvalue weighted by atomic mass is 10.1. The summed E-state index contributed by atoms with van der Waals surface area (Å²) in [6.07, 6.45) is 5.29. The first kappa shape index (κ1) is 17.2. The van der Waals surface area contributed by atoms with Gasteiger partial charge in [0.1, 0.15) is 6.04 Å². The first-order chi connectivity index (χ1) is 11.1. The molecule has 0 aromatic heterocycles. The van der Waals surface area contributed by atoms with Crippen LogP contribution in [-0.4, -0.2) is 40.3 Å². The molecule has 1 fully saturated rings. The van der Waals surface area contributed by atoms with Crippen LogP contribution in [0.5, 0.6) is 0 Å². The number of carboxylic acids is 1. The van der Waals surface area contributed by atoms with Crippen molar-refractivity contribution in [3.8, 4) is 0 Å². The molecule has 1 saturated heterocycles. The van der Waals surface area contributed by atoms with Crippen LogP contribution in [0.3, 0.4) is 0 Å². The van der Waals surface area contributed by atoms with E-state index in [1.165, 1.54) is 10.5 Å². The van der Waals surface area contributed by atoms with E-state index in [1.807, 2.05) is 18.2 Å². The second-order valence-electron chi connectivity index (χ2n) is 5.96. The SMILES string of the molecule is O=C(O)C(=O)C1CCCN1C(=O)CCCCCc1ccccc1. The van der Waals surface area contributed by atoms with Gasteiger partial charge in [-0.05, 0) is 37.7 Å². The summed E-state index contributed by atoms with van der Waals surface area (Å²) in [5.74, 6) is -2.40. The van der Waals surface area contributed by atoms with Gasteiger partial charge in [0.2, 0.25) is 5.91 Å². The Morgan fingerprint density at radius 1 is 1.09 bits per heavy atom. The van der Waals surface area contributed by atoms with Crippen LogP contribution in [0.25, 0.3) is 0 Å². The number of carboxylic acid groups (broad SMARTS) is 1. The standard InChI is InChI=1S/C18H23NO4/c20-16(19-13-7-11-15(19)17(21)18(22)23)12-6-2-5-10-14-8-3-1-4-9-14/h1,3-4,8-9,15H,2,5-7,10-13H2,(H,22,23). The topological polar surface area (TPSA) is 74.7 Å². The lowest BCUT2D eigenvalue weighted by Crippen LogP contribution is -2.43. The summed E-state index contributed by atoms with van der Waals surface area (Å²) in [6.45, 7) is 0.493. The van der Waals surface area contributed by atoms with Gasteiger partial charge in [-0.1, -0.05) is 36.8 Å². The van der Waals surface area contributed by atoms with Crippen molar-refractivity contribution in [2.24, 2.45) is 0 Å². The second kappa shape index (κ2) is 8.46. The molecule has 1 N–H and O–H groups in total. The first-order valence-corrected chi connectivity index (χ1v) is 8.20. The van der Waals surface area contributed by atoms with E-state index in [9.17, 15) is 14.4 Å². The van der Waals surface area contributed by atoms with Gasteiger partial charge in [-0.3, -0.25) is 9.59 Å². The molecule has 23 heavy (non-hydrogen) atoms. The molecule has 1 aliphatic heterocycles. The van der Waals surface area contributed by atoms with Gasteiger partial charge in [0.25, 0.3) is 5.78 Å². The highest BCUT2D eigenvalue weighted by atomic mass is 16.4. The van der Waals surface area contributed by atoms with Crippen LogP contribution < -0.4 is 0 Å². The number of amides is 1. The van der Waals surface area contributed by atoms with E-state index in [2.05, 4.69) is 12.1 Å². The summed E-state index contributed by atoms with van der Waals surface area (Å²) in [5.41, 5.74) is 1.30. The fraction of sp³-hybridized carbons (Fsp3) is 0.500. The molecular formula is C18H23NO4. The average Bonchev–Trinajstić information content (AvgIpc) is 3.04. The zero-order valence-corrected chi connectivity index (χ0v) is 13.2. The predicted octanol–water partition coefficient (Wildman–Crippen LogP) is 2.43. The number of likely N-dealkylation sites (tertiary alicyclic amines) is 1. The largest absolute Gasteiger partial charge is 0.475 e. The van der Waals surface area contributed by atoms with Gasteiger partial charge in [-0.15, -0.1) is 0 Å². The number of aliphatic carboxylic acids is 1. The second-order valence-corrected chi connectivity index (χ2v) is 5.96. The number of rotatable bonds is 8. The molecule has 5 nitrogen and oxygen atoms in total. The van der Waals surface area contributed by atoms with Gasteiger partial charge >= 0.3 is 5.97 Å². The summed E-state index contributed by atoms with van der Waals surface area (Å²) in [6, 6.07) is 9.46. The summed E-state index contributed by atoms with van der Waals surface area (Å²) >= 11 is 0. The third-order valence-electron chi connectivity index (χ3n) is 4.29. The quantitative estimate of drug-likeness (QED) is 0.590. The number of unbranched alkanes of at least 4 members (excludes halogenated alkanes) is 2. The van der Waals surface area contributed by atoms with E-state index in [-0.39, 0.29) is 5.91 Å². The van der Waals surface area contributed by atoms with Crippen molar-refractivity contribution >= 4 is 17.7 Å². The molecule has 5 heteroatoms. The van der Waals surface area contributed by atoms with Crippen LogP contribution in [-0.2, 0) is 20.8 Å². The van der Waals surface area contributed by atoms with Crippen molar-refractivity contribution in [1.29, 1.82) is 0 Å². The van der Waals surface area contributed by atoms with E-state index >= 15 is 0 Å². The van der Waals surface area contributed by atoms with Crippen LogP contribution in [0, 0.1) is 0 Å². The number of ketones is 1. The number of Topliss-reactive ketones (excluding diaryl/α,β-unsaturated/α-hetero) is 1. The Bertz CT molecular complexity index is 555. The Balaban J connectivity index is 1.70. The third-order valence-corrected chi connectivity index (χ3v) is 4.29. The lowest BCUT2D eigenvalue weighted by Gasteiger charge is -2.22. The molecule has 1 aromatic carbocycles. The molecular weight excluding hydrogens is 294 g/mol. The average molecular weight is 317 g/mol. The summed E-state index contributed by atoms with van der Waals surface area (Å²) in [5, 5.41) is 8.81. The van der Waals surface area contributed by atoms with E-state index in [0.717, 1.165) is 25.7 Å². The maximum absolute atomic E-state index is 12.2. The van der Waals surface area contributed by atoms with Crippen LogP contribution in [0.2, 0.25) is 0 Å². The van der Waals surface area contributed by atoms with Gasteiger partial charge < -0.3 is 10.0 Å². The van der Waals surface area contributed by atoms with E-state index in [4.69, 9.17) is 5.11 Å². The molecule has 2 rings (SSSR count). The Labute approximate surface area is 136 Å². The smallest absolute Gasteiger partial charge is 0.374 e. The Hall–Kier alpha value is -2.17. The van der Waals surface area contributed by atoms with Crippen molar-refractivity contribution in [3.05, 3.63) is 35.9 Å². The van der Waals surface area contributed by atoms with E-state index in [1.54, 1.807) is 0 Å². The zero-order valence-electron chi connectivity index (χ0n) is 13.2. The normalized spacial score (nSPS) is 17.2. The minimum absolute atomic E-state index is 0.0955. The van der Waals surface area contributed by atoms with Gasteiger partial charge in [-0.2, -0.15) is 0 Å². The minimum atomic E-state index is -1.45. The van der Waals surface area contributed by atoms with Crippen LogP contribution in [0.4, 0.5) is 0 Å². The highest BCUT2D eigenvalue weighted by Crippen LogP contribution is 2.20. The first-order valence-electron chi connectivity index (χ1n) is 8.20. The highest BCUT2D eigenvalue weighted by molar-refractivity contribution is 6.35. The molecule has 0 aliphatic carbocycles. The number of hydrogen-bond donors (Lipinski definition) is 1. The Morgan fingerprint density at radius 3 is 2.52 bits per heavy atom. The van der Waals surface area contributed by atoms with Crippen molar-refractivity contribution < 1.29 is 19.5 Å². The van der Waals surface area contributed by atoms with Gasteiger partial charge in [0.15, 0.2) is 0 Å². The monoisotopic (exact) mass is 317 g/mol. The van der Waals surface area contributed by atoms with Gasteiger partial charge in [0.05, 0.1) is 0 Å². The van der Waals surface area contributed by atoms with Gasteiger partial charge in [0, 0.05) is 13.0 Å². The predicted molar refractivity (Wildman–Crippen MR) is 86.0 cm³/mol. The van der Waals surface area contributed by atoms with Crippen LogP contribution >= 0.6 is 0 Å². The maximum atomic E-state index is 12.2. The summed E-state index contributed by atoms with van der Waals surface area (Å²) in [4.78, 5) is 36.0. The summed E-state index contributed by atoms with van der Waals surface area (Å²) < 4.78 is 0. The molecule has 1 aliphatic rings. The maximum Gasteiger partial charge on any atom is 0.374 e. The summed E-state index contributed by atoms with van der Waals surface area (Å²) in [7, 11) is 0. The molecule has 1 aromatic rings.